The number of hydrogen-bond acceptors (Lipinski definition) is 2. The van der Waals surface area contributed by atoms with E-state index in [0.29, 0.717) is 5.92 Å². The van der Waals surface area contributed by atoms with E-state index in [4.69, 9.17) is 5.73 Å². The van der Waals surface area contributed by atoms with Crippen LogP contribution in [0.2, 0.25) is 0 Å². The highest BCUT2D eigenvalue weighted by Crippen LogP contribution is 2.26. The van der Waals surface area contributed by atoms with Gasteiger partial charge in [-0.15, -0.1) is 0 Å². The Kier molecular flexibility index (Phi) is 3.41. The zero-order chi connectivity index (χ0) is 13.3. The van der Waals surface area contributed by atoms with Crippen LogP contribution in [0.5, 0.6) is 0 Å². The van der Waals surface area contributed by atoms with Crippen LogP contribution in [0.15, 0.2) is 24.5 Å². The van der Waals surface area contributed by atoms with Gasteiger partial charge in [0.15, 0.2) is 0 Å². The van der Waals surface area contributed by atoms with Crippen molar-refractivity contribution in [3.8, 4) is 11.3 Å². The number of imidazole rings is 1. The van der Waals surface area contributed by atoms with Crippen molar-refractivity contribution in [2.24, 2.45) is 5.92 Å². The average Bonchev–Trinajstić information content (AvgIpc) is 2.64. The van der Waals surface area contributed by atoms with Gasteiger partial charge < -0.3 is 10.3 Å². The molecular weight excluding hydrogens is 222 g/mol. The number of benzene rings is 1. The van der Waals surface area contributed by atoms with E-state index in [9.17, 15) is 0 Å². The third-order valence-electron chi connectivity index (χ3n) is 3.22. The highest BCUT2D eigenvalue weighted by atomic mass is 15.1. The van der Waals surface area contributed by atoms with Gasteiger partial charge in [0, 0.05) is 12.1 Å². The molecule has 1 aromatic heterocycles. The van der Waals surface area contributed by atoms with Crippen LogP contribution in [0.1, 0.15) is 25.0 Å². The molecule has 0 saturated heterocycles. The number of aromatic nitrogens is 2. The van der Waals surface area contributed by atoms with E-state index >= 15 is 0 Å². The Bertz CT molecular complexity index is 553. The number of nitrogens with zero attached hydrogens (tertiary/aromatic N) is 2. The molecule has 3 heteroatoms. The summed E-state index contributed by atoms with van der Waals surface area (Å²) in [6.45, 7) is 9.48. The minimum Gasteiger partial charge on any atom is -0.383 e. The number of rotatable bonds is 3. The van der Waals surface area contributed by atoms with Gasteiger partial charge in [-0.3, -0.25) is 0 Å². The third kappa shape index (κ3) is 2.40. The molecule has 0 atom stereocenters. The van der Waals surface area contributed by atoms with Crippen LogP contribution in [-0.2, 0) is 6.54 Å². The minimum absolute atomic E-state index is 0.564. The van der Waals surface area contributed by atoms with Crippen molar-refractivity contribution >= 4 is 5.82 Å². The first-order valence-electron chi connectivity index (χ1n) is 6.37. The molecule has 2 rings (SSSR count). The highest BCUT2D eigenvalue weighted by Gasteiger charge is 2.11. The van der Waals surface area contributed by atoms with Crippen LogP contribution in [0, 0.1) is 19.8 Å². The van der Waals surface area contributed by atoms with Crippen LogP contribution in [0.3, 0.4) is 0 Å². The maximum Gasteiger partial charge on any atom is 0.131 e. The fraction of sp³-hybridized carbons (Fsp3) is 0.400. The molecule has 0 amide bonds. The Morgan fingerprint density at radius 1 is 1.22 bits per heavy atom. The number of nitrogen functional groups attached to an aromatic ring is 1. The minimum atomic E-state index is 0.564. The van der Waals surface area contributed by atoms with Crippen LogP contribution < -0.4 is 5.73 Å². The molecule has 96 valence electrons. The summed E-state index contributed by atoms with van der Waals surface area (Å²) in [6, 6.07) is 6.35. The van der Waals surface area contributed by atoms with Gasteiger partial charge >= 0.3 is 0 Å². The molecule has 18 heavy (non-hydrogen) atoms. The Hall–Kier alpha value is -1.77. The first-order chi connectivity index (χ1) is 8.49. The normalized spacial score (nSPS) is 11.2. The van der Waals surface area contributed by atoms with Crippen molar-refractivity contribution in [1.82, 2.24) is 9.55 Å². The number of nitrogens with two attached hydrogens (primary N) is 1. The van der Waals surface area contributed by atoms with E-state index in [1.165, 1.54) is 11.1 Å². The van der Waals surface area contributed by atoms with Gasteiger partial charge in [-0.25, -0.2) is 4.98 Å². The quantitative estimate of drug-likeness (QED) is 0.897. The predicted molar refractivity (Wildman–Crippen MR) is 76.4 cm³/mol. The monoisotopic (exact) mass is 243 g/mol. The third-order valence-corrected chi connectivity index (χ3v) is 3.22. The summed E-state index contributed by atoms with van der Waals surface area (Å²) in [5.74, 6) is 1.32. The zero-order valence-electron chi connectivity index (χ0n) is 11.6. The lowest BCUT2D eigenvalue weighted by molar-refractivity contribution is 0.527. The largest absolute Gasteiger partial charge is 0.383 e. The molecule has 2 N–H and O–H groups in total. The molecule has 0 aliphatic heterocycles. The second-order valence-electron chi connectivity index (χ2n) is 5.32. The van der Waals surface area contributed by atoms with Crippen molar-refractivity contribution in [3.63, 3.8) is 0 Å². The Balaban J connectivity index is 2.39. The van der Waals surface area contributed by atoms with Gasteiger partial charge in [0.05, 0.1) is 6.33 Å². The van der Waals surface area contributed by atoms with Gasteiger partial charge in [0.25, 0.3) is 0 Å². The molecule has 1 aromatic carbocycles. The van der Waals surface area contributed by atoms with Gasteiger partial charge in [0.2, 0.25) is 0 Å². The van der Waals surface area contributed by atoms with Crippen molar-refractivity contribution < 1.29 is 0 Å². The first-order valence-corrected chi connectivity index (χ1v) is 6.37. The highest BCUT2D eigenvalue weighted by molar-refractivity contribution is 5.71. The number of anilines is 1. The van der Waals surface area contributed by atoms with Crippen LogP contribution in [0.25, 0.3) is 11.3 Å². The molecule has 1 heterocycles. The summed E-state index contributed by atoms with van der Waals surface area (Å²) in [5, 5.41) is 0. The Morgan fingerprint density at radius 3 is 2.56 bits per heavy atom. The van der Waals surface area contributed by atoms with Gasteiger partial charge in [-0.05, 0) is 37.0 Å². The van der Waals surface area contributed by atoms with E-state index < -0.39 is 0 Å². The SMILES string of the molecule is Cc1ccc(-c2ncn(CC(C)C)c2N)cc1C. The molecule has 0 aliphatic carbocycles. The van der Waals surface area contributed by atoms with E-state index in [1.54, 1.807) is 0 Å². The van der Waals surface area contributed by atoms with Crippen molar-refractivity contribution in [3.05, 3.63) is 35.7 Å². The molecule has 0 spiro atoms. The van der Waals surface area contributed by atoms with E-state index in [2.05, 4.69) is 50.9 Å². The van der Waals surface area contributed by atoms with Crippen LogP contribution in [-0.4, -0.2) is 9.55 Å². The van der Waals surface area contributed by atoms with Crippen LogP contribution >= 0.6 is 0 Å². The van der Waals surface area contributed by atoms with Gasteiger partial charge in [-0.2, -0.15) is 0 Å². The maximum absolute atomic E-state index is 6.17. The summed E-state index contributed by atoms with van der Waals surface area (Å²) < 4.78 is 2.02. The molecule has 0 saturated carbocycles. The van der Waals surface area contributed by atoms with Crippen molar-refractivity contribution in [1.29, 1.82) is 0 Å². The van der Waals surface area contributed by atoms with E-state index in [-0.39, 0.29) is 0 Å². The molecule has 3 nitrogen and oxygen atoms in total. The predicted octanol–water partition coefficient (Wildman–Crippen LogP) is 3.41. The average molecular weight is 243 g/mol. The molecule has 0 unspecified atom stereocenters. The lowest BCUT2D eigenvalue weighted by Gasteiger charge is -2.09. The fourth-order valence-electron chi connectivity index (χ4n) is 2.04. The molecule has 2 aromatic rings. The lowest BCUT2D eigenvalue weighted by Crippen LogP contribution is -2.06. The Labute approximate surface area is 109 Å². The second kappa shape index (κ2) is 4.84. The zero-order valence-corrected chi connectivity index (χ0v) is 11.6. The smallest absolute Gasteiger partial charge is 0.131 e. The molecule has 0 radical (unpaired) electrons. The molecule has 0 aliphatic rings. The topological polar surface area (TPSA) is 43.8 Å². The summed E-state index contributed by atoms with van der Waals surface area (Å²) in [4.78, 5) is 4.45. The maximum atomic E-state index is 6.17. The molecular formula is C15H21N3. The second-order valence-corrected chi connectivity index (χ2v) is 5.32. The van der Waals surface area contributed by atoms with Gasteiger partial charge in [-0.1, -0.05) is 26.0 Å². The standard InChI is InChI=1S/C15H21N3/c1-10(2)8-18-9-17-14(15(18)16)13-6-5-11(3)12(4)7-13/h5-7,9-10H,8,16H2,1-4H3. The van der Waals surface area contributed by atoms with Crippen molar-refractivity contribution in [2.75, 3.05) is 5.73 Å². The first kappa shape index (κ1) is 12.7. The number of aryl methyl sites for hydroxylation is 2. The summed E-state index contributed by atoms with van der Waals surface area (Å²) >= 11 is 0. The number of hydrogen-bond donors (Lipinski definition) is 1. The summed E-state index contributed by atoms with van der Waals surface area (Å²) in [7, 11) is 0. The fourth-order valence-corrected chi connectivity index (χ4v) is 2.04. The Morgan fingerprint density at radius 2 is 1.94 bits per heavy atom. The lowest BCUT2D eigenvalue weighted by atomic mass is 10.0. The summed E-state index contributed by atoms with van der Waals surface area (Å²) in [5.41, 5.74) is 10.7. The summed E-state index contributed by atoms with van der Waals surface area (Å²) in [6.07, 6.45) is 1.83. The molecule has 0 bridgehead atoms. The van der Waals surface area contributed by atoms with Gasteiger partial charge in [0.1, 0.15) is 11.5 Å². The van der Waals surface area contributed by atoms with Crippen molar-refractivity contribution in [2.45, 2.75) is 34.2 Å². The molecule has 0 fully saturated rings. The van der Waals surface area contributed by atoms with E-state index in [0.717, 1.165) is 23.6 Å². The van der Waals surface area contributed by atoms with Crippen LogP contribution in [0.4, 0.5) is 5.82 Å². The van der Waals surface area contributed by atoms with E-state index in [1.807, 2.05) is 10.9 Å².